The number of rotatable bonds is 4. The summed E-state index contributed by atoms with van der Waals surface area (Å²) >= 11 is 0. The van der Waals surface area contributed by atoms with Crippen molar-refractivity contribution in [3.63, 3.8) is 0 Å². The number of furan rings is 1. The van der Waals surface area contributed by atoms with Crippen LogP contribution in [0.3, 0.4) is 0 Å². The number of hydrogen-bond acceptors (Lipinski definition) is 5. The average molecular weight is 364 g/mol. The molecule has 0 atom stereocenters. The molecular formula is C21H24N4O2. The van der Waals surface area contributed by atoms with Crippen molar-refractivity contribution in [1.29, 1.82) is 0 Å². The maximum Gasteiger partial charge on any atom is 0.260 e. The van der Waals surface area contributed by atoms with Gasteiger partial charge in [-0.1, -0.05) is 19.1 Å². The number of aromatic nitrogens is 2. The van der Waals surface area contributed by atoms with Crippen molar-refractivity contribution >= 4 is 28.5 Å². The lowest BCUT2D eigenvalue weighted by Gasteiger charge is -2.18. The van der Waals surface area contributed by atoms with Crippen molar-refractivity contribution in [3.05, 3.63) is 47.0 Å². The minimum absolute atomic E-state index is 0.188. The Morgan fingerprint density at radius 1 is 1.22 bits per heavy atom. The highest BCUT2D eigenvalue weighted by atomic mass is 16.3. The molecule has 2 aromatic heterocycles. The predicted molar refractivity (Wildman–Crippen MR) is 106 cm³/mol. The van der Waals surface area contributed by atoms with Crippen molar-refractivity contribution in [3.8, 4) is 0 Å². The molecule has 1 amide bonds. The SMILES string of the molecule is CCc1cccc(NC(=O)c2c(C)oc3nc(C)nc(N4CCCC4)c23)c1. The first kappa shape index (κ1) is 17.5. The van der Waals surface area contributed by atoms with Gasteiger partial charge in [0.25, 0.3) is 5.91 Å². The van der Waals surface area contributed by atoms with E-state index in [0.717, 1.165) is 43.9 Å². The summed E-state index contributed by atoms with van der Waals surface area (Å²) in [4.78, 5) is 24.4. The molecule has 0 bridgehead atoms. The van der Waals surface area contributed by atoms with E-state index >= 15 is 0 Å². The van der Waals surface area contributed by atoms with Gasteiger partial charge in [-0.3, -0.25) is 4.79 Å². The molecule has 6 heteroatoms. The van der Waals surface area contributed by atoms with Gasteiger partial charge < -0.3 is 14.6 Å². The summed E-state index contributed by atoms with van der Waals surface area (Å²) in [5.74, 6) is 1.84. The summed E-state index contributed by atoms with van der Waals surface area (Å²) in [5.41, 5.74) is 2.96. The fourth-order valence-electron chi connectivity index (χ4n) is 3.69. The standard InChI is InChI=1S/C21H24N4O2/c1-4-15-8-7-9-16(12-15)24-20(26)17-13(2)27-21-18(17)19(22-14(3)23-21)25-10-5-6-11-25/h7-9,12H,4-6,10-11H2,1-3H3,(H,24,26). The van der Waals surface area contributed by atoms with Crippen LogP contribution in [0.5, 0.6) is 0 Å². The van der Waals surface area contributed by atoms with E-state index < -0.39 is 0 Å². The molecule has 140 valence electrons. The smallest absolute Gasteiger partial charge is 0.260 e. The van der Waals surface area contributed by atoms with Gasteiger partial charge in [-0.2, -0.15) is 4.98 Å². The summed E-state index contributed by atoms with van der Waals surface area (Å²) < 4.78 is 5.85. The lowest BCUT2D eigenvalue weighted by molar-refractivity contribution is 0.102. The molecule has 0 radical (unpaired) electrons. The van der Waals surface area contributed by atoms with E-state index in [-0.39, 0.29) is 5.91 Å². The fourth-order valence-corrected chi connectivity index (χ4v) is 3.69. The van der Waals surface area contributed by atoms with E-state index in [4.69, 9.17) is 4.42 Å². The Kier molecular flexibility index (Phi) is 4.56. The monoisotopic (exact) mass is 364 g/mol. The van der Waals surface area contributed by atoms with Crippen LogP contribution in [0.2, 0.25) is 0 Å². The van der Waals surface area contributed by atoms with Gasteiger partial charge in [0.1, 0.15) is 17.4 Å². The normalized spacial score (nSPS) is 14.1. The molecule has 1 saturated heterocycles. The van der Waals surface area contributed by atoms with E-state index in [2.05, 4.69) is 33.2 Å². The zero-order valence-corrected chi connectivity index (χ0v) is 16.0. The molecule has 0 aliphatic carbocycles. The number of amides is 1. The van der Waals surface area contributed by atoms with Crippen LogP contribution in [0, 0.1) is 13.8 Å². The highest BCUT2D eigenvalue weighted by Gasteiger charge is 2.27. The van der Waals surface area contributed by atoms with Crippen LogP contribution in [0.25, 0.3) is 11.1 Å². The minimum atomic E-state index is -0.188. The van der Waals surface area contributed by atoms with Gasteiger partial charge >= 0.3 is 0 Å². The van der Waals surface area contributed by atoms with Gasteiger partial charge in [-0.25, -0.2) is 4.98 Å². The quantitative estimate of drug-likeness (QED) is 0.749. The molecule has 4 rings (SSSR count). The number of carbonyl (C=O) groups excluding carboxylic acids is 1. The zero-order valence-electron chi connectivity index (χ0n) is 16.0. The first-order valence-corrected chi connectivity index (χ1v) is 9.49. The lowest BCUT2D eigenvalue weighted by atomic mass is 10.1. The van der Waals surface area contributed by atoms with Crippen molar-refractivity contribution in [2.45, 2.75) is 40.0 Å². The second kappa shape index (κ2) is 7.02. The number of nitrogens with zero attached hydrogens (tertiary/aromatic N) is 3. The topological polar surface area (TPSA) is 71.3 Å². The van der Waals surface area contributed by atoms with Crippen molar-refractivity contribution in [2.24, 2.45) is 0 Å². The third-order valence-corrected chi connectivity index (χ3v) is 5.05. The summed E-state index contributed by atoms with van der Waals surface area (Å²) in [5, 5.41) is 3.72. The molecule has 1 fully saturated rings. The van der Waals surface area contributed by atoms with E-state index in [1.807, 2.05) is 32.0 Å². The Labute approximate surface area is 158 Å². The highest BCUT2D eigenvalue weighted by molar-refractivity contribution is 6.15. The van der Waals surface area contributed by atoms with Crippen LogP contribution in [-0.4, -0.2) is 29.0 Å². The number of aryl methyl sites for hydroxylation is 3. The van der Waals surface area contributed by atoms with Crippen LogP contribution in [-0.2, 0) is 6.42 Å². The fraction of sp³-hybridized carbons (Fsp3) is 0.381. The third kappa shape index (κ3) is 3.27. The maximum absolute atomic E-state index is 13.1. The molecule has 1 aromatic carbocycles. The van der Waals surface area contributed by atoms with Gasteiger partial charge in [0.2, 0.25) is 5.71 Å². The number of benzene rings is 1. The molecule has 27 heavy (non-hydrogen) atoms. The molecule has 3 heterocycles. The van der Waals surface area contributed by atoms with Crippen molar-refractivity contribution < 1.29 is 9.21 Å². The van der Waals surface area contributed by atoms with Gasteiger partial charge in [0.05, 0.1) is 10.9 Å². The third-order valence-electron chi connectivity index (χ3n) is 5.05. The minimum Gasteiger partial charge on any atom is -0.442 e. The Morgan fingerprint density at radius 3 is 2.74 bits per heavy atom. The molecule has 0 unspecified atom stereocenters. The molecule has 1 aliphatic heterocycles. The Balaban J connectivity index is 1.78. The van der Waals surface area contributed by atoms with E-state index in [1.165, 1.54) is 5.56 Å². The Bertz CT molecular complexity index is 1000. The number of hydrogen-bond donors (Lipinski definition) is 1. The Morgan fingerprint density at radius 2 is 2.00 bits per heavy atom. The van der Waals surface area contributed by atoms with Gasteiger partial charge in [0.15, 0.2) is 0 Å². The molecular weight excluding hydrogens is 340 g/mol. The molecule has 0 spiro atoms. The van der Waals surface area contributed by atoms with Crippen molar-refractivity contribution in [2.75, 3.05) is 23.3 Å². The molecule has 6 nitrogen and oxygen atoms in total. The molecule has 3 aromatic rings. The number of carbonyl (C=O) groups is 1. The zero-order chi connectivity index (χ0) is 19.0. The summed E-state index contributed by atoms with van der Waals surface area (Å²) in [6, 6.07) is 7.90. The van der Waals surface area contributed by atoms with Gasteiger partial charge in [-0.05, 0) is 50.8 Å². The molecule has 0 saturated carbocycles. The predicted octanol–water partition coefficient (Wildman–Crippen LogP) is 4.25. The number of nitrogens with one attached hydrogen (secondary N) is 1. The largest absolute Gasteiger partial charge is 0.442 e. The second-order valence-corrected chi connectivity index (χ2v) is 7.01. The van der Waals surface area contributed by atoms with Crippen LogP contribution in [0.15, 0.2) is 28.7 Å². The first-order valence-electron chi connectivity index (χ1n) is 9.49. The summed E-state index contributed by atoms with van der Waals surface area (Å²) in [6.07, 6.45) is 3.18. The van der Waals surface area contributed by atoms with Gasteiger partial charge in [0, 0.05) is 18.8 Å². The summed E-state index contributed by atoms with van der Waals surface area (Å²) in [7, 11) is 0. The van der Waals surface area contributed by atoms with Gasteiger partial charge in [-0.15, -0.1) is 0 Å². The summed E-state index contributed by atoms with van der Waals surface area (Å²) in [6.45, 7) is 7.64. The maximum atomic E-state index is 13.1. The first-order chi connectivity index (χ1) is 13.1. The van der Waals surface area contributed by atoms with E-state index in [0.29, 0.717) is 28.2 Å². The van der Waals surface area contributed by atoms with E-state index in [1.54, 1.807) is 0 Å². The van der Waals surface area contributed by atoms with Crippen molar-refractivity contribution in [1.82, 2.24) is 9.97 Å². The van der Waals surface area contributed by atoms with Crippen LogP contribution in [0.4, 0.5) is 11.5 Å². The van der Waals surface area contributed by atoms with Crippen LogP contribution < -0.4 is 10.2 Å². The lowest BCUT2D eigenvalue weighted by Crippen LogP contribution is -2.21. The number of fused-ring (bicyclic) bond motifs is 1. The Hall–Kier alpha value is -2.89. The van der Waals surface area contributed by atoms with Crippen LogP contribution in [0.1, 0.15) is 47.3 Å². The average Bonchev–Trinajstić information content (AvgIpc) is 3.28. The van der Waals surface area contributed by atoms with E-state index in [9.17, 15) is 4.79 Å². The highest BCUT2D eigenvalue weighted by Crippen LogP contribution is 2.34. The van der Waals surface area contributed by atoms with Crippen LogP contribution >= 0.6 is 0 Å². The second-order valence-electron chi connectivity index (χ2n) is 7.01. The molecule has 1 aliphatic rings. The number of anilines is 2. The molecule has 1 N–H and O–H groups in total.